The molecule has 134 valence electrons. The fraction of sp³-hybridized carbons (Fsp3) is 0.579. The molecule has 0 bridgehead atoms. The van der Waals surface area contributed by atoms with Gasteiger partial charge in [0.2, 0.25) is 5.89 Å². The normalized spacial score (nSPS) is 21.2. The minimum atomic E-state index is -0.177. The van der Waals surface area contributed by atoms with Crippen molar-refractivity contribution in [2.45, 2.75) is 44.7 Å². The van der Waals surface area contributed by atoms with Gasteiger partial charge in [0.25, 0.3) is 0 Å². The van der Waals surface area contributed by atoms with E-state index in [0.29, 0.717) is 12.0 Å². The Hall–Kier alpha value is -1.79. The van der Waals surface area contributed by atoms with E-state index in [1.807, 2.05) is 12.1 Å². The van der Waals surface area contributed by atoms with E-state index in [4.69, 9.17) is 4.52 Å². The first-order valence-corrected chi connectivity index (χ1v) is 9.23. The van der Waals surface area contributed by atoms with E-state index >= 15 is 0 Å². The van der Waals surface area contributed by atoms with Gasteiger partial charge in [-0.1, -0.05) is 17.3 Å². The lowest BCUT2D eigenvalue weighted by Crippen LogP contribution is -2.32. The van der Waals surface area contributed by atoms with Gasteiger partial charge in [-0.05, 0) is 50.4 Å². The van der Waals surface area contributed by atoms with Crippen LogP contribution in [0.4, 0.5) is 4.39 Å². The van der Waals surface area contributed by atoms with Gasteiger partial charge in [-0.15, -0.1) is 0 Å². The molecule has 2 fully saturated rings. The Bertz CT molecular complexity index is 698. The zero-order chi connectivity index (χ0) is 17.2. The number of hydrogen-bond donors (Lipinski definition) is 0. The minimum Gasteiger partial charge on any atom is -0.339 e. The van der Waals surface area contributed by atoms with E-state index < -0.39 is 0 Å². The number of halogens is 1. The molecule has 1 aliphatic heterocycles. The highest BCUT2D eigenvalue weighted by molar-refractivity contribution is 5.19. The molecule has 2 aliphatic rings. The van der Waals surface area contributed by atoms with E-state index in [-0.39, 0.29) is 5.82 Å². The molecule has 6 heteroatoms. The van der Waals surface area contributed by atoms with Crippen molar-refractivity contribution in [1.29, 1.82) is 0 Å². The Morgan fingerprint density at radius 1 is 1.16 bits per heavy atom. The summed E-state index contributed by atoms with van der Waals surface area (Å²) in [6.07, 6.45) is 3.47. The Balaban J connectivity index is 1.33. The van der Waals surface area contributed by atoms with Crippen LogP contribution >= 0.6 is 0 Å². The molecule has 0 unspecified atom stereocenters. The monoisotopic (exact) mass is 344 g/mol. The average Bonchev–Trinajstić information content (AvgIpc) is 3.40. The summed E-state index contributed by atoms with van der Waals surface area (Å²) >= 11 is 0. The summed E-state index contributed by atoms with van der Waals surface area (Å²) in [7, 11) is 0. The Morgan fingerprint density at radius 3 is 2.72 bits per heavy atom. The van der Waals surface area contributed by atoms with Crippen LogP contribution in [0, 0.1) is 5.82 Å². The summed E-state index contributed by atoms with van der Waals surface area (Å²) in [5, 5.41) is 4.14. The highest BCUT2D eigenvalue weighted by atomic mass is 19.1. The molecule has 0 radical (unpaired) electrons. The van der Waals surface area contributed by atoms with Gasteiger partial charge < -0.3 is 4.52 Å². The predicted molar refractivity (Wildman–Crippen MR) is 92.6 cm³/mol. The molecular formula is C19H25FN4O. The van der Waals surface area contributed by atoms with E-state index in [2.05, 4.69) is 26.9 Å². The standard InChI is InChI=1S/C19H25FN4O/c1-14(15-5-7-17(20)8-6-15)24-10-2-9-23(11-12-24)13-18-21-19(25-22-18)16-3-4-16/h5-8,14,16H,2-4,9-13H2,1H3/t14-/m1/s1. The van der Waals surface area contributed by atoms with Gasteiger partial charge in [0.15, 0.2) is 5.82 Å². The number of aromatic nitrogens is 2. The van der Waals surface area contributed by atoms with Crippen LogP contribution in [0.1, 0.15) is 55.4 Å². The lowest BCUT2D eigenvalue weighted by Gasteiger charge is -2.28. The van der Waals surface area contributed by atoms with Crippen LogP contribution in [0.2, 0.25) is 0 Å². The van der Waals surface area contributed by atoms with Gasteiger partial charge in [-0.25, -0.2) is 4.39 Å². The van der Waals surface area contributed by atoms with Crippen molar-refractivity contribution < 1.29 is 8.91 Å². The maximum atomic E-state index is 13.1. The van der Waals surface area contributed by atoms with E-state index in [1.54, 1.807) is 12.1 Å². The topological polar surface area (TPSA) is 45.4 Å². The zero-order valence-electron chi connectivity index (χ0n) is 14.7. The second kappa shape index (κ2) is 7.22. The molecule has 5 nitrogen and oxygen atoms in total. The van der Waals surface area contributed by atoms with Gasteiger partial charge in [-0.2, -0.15) is 4.98 Å². The fourth-order valence-electron chi connectivity index (χ4n) is 3.52. The Labute approximate surface area is 147 Å². The predicted octanol–water partition coefficient (Wildman–Crippen LogP) is 3.36. The van der Waals surface area contributed by atoms with E-state index in [9.17, 15) is 4.39 Å². The van der Waals surface area contributed by atoms with Crippen LogP contribution in [-0.4, -0.2) is 46.1 Å². The van der Waals surface area contributed by atoms with Gasteiger partial charge in [-0.3, -0.25) is 9.80 Å². The molecule has 25 heavy (non-hydrogen) atoms. The Kier molecular flexibility index (Phi) is 4.81. The quantitative estimate of drug-likeness (QED) is 0.832. The second-order valence-corrected chi connectivity index (χ2v) is 7.22. The van der Waals surface area contributed by atoms with Crippen LogP contribution in [0.3, 0.4) is 0 Å². The zero-order valence-corrected chi connectivity index (χ0v) is 14.7. The number of nitrogens with zero attached hydrogens (tertiary/aromatic N) is 4. The van der Waals surface area contributed by atoms with Gasteiger partial charge in [0, 0.05) is 31.6 Å². The SMILES string of the molecule is C[C@H](c1ccc(F)cc1)N1CCCN(Cc2noc(C3CC3)n2)CC1. The summed E-state index contributed by atoms with van der Waals surface area (Å²) in [5.41, 5.74) is 1.17. The number of hydrogen-bond acceptors (Lipinski definition) is 5. The van der Waals surface area contributed by atoms with Crippen molar-refractivity contribution in [3.63, 3.8) is 0 Å². The maximum Gasteiger partial charge on any atom is 0.229 e. The van der Waals surface area contributed by atoms with Crippen molar-refractivity contribution in [2.75, 3.05) is 26.2 Å². The van der Waals surface area contributed by atoms with Crippen molar-refractivity contribution in [3.05, 3.63) is 47.4 Å². The smallest absolute Gasteiger partial charge is 0.229 e. The van der Waals surface area contributed by atoms with Crippen LogP contribution in [-0.2, 0) is 6.54 Å². The molecule has 0 N–H and O–H groups in total. The highest BCUT2D eigenvalue weighted by Crippen LogP contribution is 2.38. The molecule has 1 saturated heterocycles. The second-order valence-electron chi connectivity index (χ2n) is 7.22. The molecular weight excluding hydrogens is 319 g/mol. The van der Waals surface area contributed by atoms with Crippen molar-refractivity contribution >= 4 is 0 Å². The molecule has 4 rings (SSSR count). The fourth-order valence-corrected chi connectivity index (χ4v) is 3.52. The molecule has 0 amide bonds. The van der Waals surface area contributed by atoms with Crippen molar-refractivity contribution in [1.82, 2.24) is 19.9 Å². The first-order chi connectivity index (χ1) is 12.2. The third-order valence-electron chi connectivity index (χ3n) is 5.30. The molecule has 1 saturated carbocycles. The highest BCUT2D eigenvalue weighted by Gasteiger charge is 2.30. The summed E-state index contributed by atoms with van der Waals surface area (Å²) in [4.78, 5) is 9.41. The summed E-state index contributed by atoms with van der Waals surface area (Å²) < 4.78 is 18.5. The first kappa shape index (κ1) is 16.7. The largest absolute Gasteiger partial charge is 0.339 e. The summed E-state index contributed by atoms with van der Waals surface area (Å²) in [6.45, 7) is 7.03. The van der Waals surface area contributed by atoms with E-state index in [1.165, 1.54) is 18.4 Å². The number of rotatable bonds is 5. The molecule has 2 heterocycles. The molecule has 1 aromatic carbocycles. The lowest BCUT2D eigenvalue weighted by molar-refractivity contribution is 0.206. The maximum absolute atomic E-state index is 13.1. The number of benzene rings is 1. The van der Waals surface area contributed by atoms with Crippen LogP contribution in [0.15, 0.2) is 28.8 Å². The van der Waals surface area contributed by atoms with Gasteiger partial charge >= 0.3 is 0 Å². The molecule has 2 aromatic rings. The first-order valence-electron chi connectivity index (χ1n) is 9.23. The van der Waals surface area contributed by atoms with Crippen LogP contribution in [0.5, 0.6) is 0 Å². The molecule has 0 spiro atoms. The molecule has 1 aliphatic carbocycles. The summed E-state index contributed by atoms with van der Waals surface area (Å²) in [6, 6.07) is 7.17. The van der Waals surface area contributed by atoms with Gasteiger partial charge in [0.05, 0.1) is 6.54 Å². The van der Waals surface area contributed by atoms with Crippen molar-refractivity contribution in [3.8, 4) is 0 Å². The average molecular weight is 344 g/mol. The van der Waals surface area contributed by atoms with Crippen molar-refractivity contribution in [2.24, 2.45) is 0 Å². The summed E-state index contributed by atoms with van der Waals surface area (Å²) in [5.74, 6) is 1.96. The lowest BCUT2D eigenvalue weighted by atomic mass is 10.1. The third kappa shape index (κ3) is 4.07. The van der Waals surface area contributed by atoms with Crippen LogP contribution in [0.25, 0.3) is 0 Å². The Morgan fingerprint density at radius 2 is 1.96 bits per heavy atom. The van der Waals surface area contributed by atoms with Crippen LogP contribution < -0.4 is 0 Å². The van der Waals surface area contributed by atoms with Gasteiger partial charge in [0.1, 0.15) is 5.82 Å². The van der Waals surface area contributed by atoms with E-state index in [0.717, 1.165) is 50.9 Å². The minimum absolute atomic E-state index is 0.177. The third-order valence-corrected chi connectivity index (χ3v) is 5.30. The molecule has 1 aromatic heterocycles. The molecule has 1 atom stereocenters.